The molecule has 0 bridgehead atoms. The molecular weight excluding hydrogens is 276 g/mol. The van der Waals surface area contributed by atoms with Crippen molar-refractivity contribution in [2.24, 2.45) is 0 Å². The zero-order chi connectivity index (χ0) is 14.5. The van der Waals surface area contributed by atoms with Gasteiger partial charge in [0.15, 0.2) is 9.84 Å². The quantitative estimate of drug-likeness (QED) is 0.835. The van der Waals surface area contributed by atoms with Crippen molar-refractivity contribution in [1.29, 1.82) is 0 Å². The molecule has 1 N–H and O–H groups in total. The summed E-state index contributed by atoms with van der Waals surface area (Å²) in [6.45, 7) is 3.99. The largest absolute Gasteiger partial charge is 0.332 e. The van der Waals surface area contributed by atoms with Crippen molar-refractivity contribution in [2.45, 2.75) is 32.4 Å². The summed E-state index contributed by atoms with van der Waals surface area (Å²) in [7, 11) is -3.06. The molecule has 1 aromatic carbocycles. The van der Waals surface area contributed by atoms with Gasteiger partial charge in [-0.3, -0.25) is 4.90 Å². The molecule has 2 unspecified atom stereocenters. The number of anilines is 1. The first-order valence-corrected chi connectivity index (χ1v) is 8.63. The lowest BCUT2D eigenvalue weighted by molar-refractivity contribution is 0.251. The van der Waals surface area contributed by atoms with Crippen molar-refractivity contribution in [1.82, 2.24) is 5.32 Å². The molecule has 2 fully saturated rings. The van der Waals surface area contributed by atoms with Crippen LogP contribution in [0.1, 0.15) is 18.1 Å². The standard InChI is InChI=1S/C14H18N2O3S/c1-3-10-6-4-5-9(2)13(10)16-12-8-20(18,19)7-11(12)15-14(16)17/h4-6,11-12H,3,7-8H2,1-2H3,(H,15,17). The van der Waals surface area contributed by atoms with E-state index in [1.807, 2.05) is 32.0 Å². The lowest BCUT2D eigenvalue weighted by atomic mass is 10.0. The predicted octanol–water partition coefficient (Wildman–Crippen LogP) is 1.25. The molecule has 0 radical (unpaired) electrons. The fourth-order valence-corrected chi connectivity index (χ4v) is 5.11. The Morgan fingerprint density at radius 1 is 1.35 bits per heavy atom. The molecule has 0 aromatic heterocycles. The molecule has 2 atom stereocenters. The van der Waals surface area contributed by atoms with E-state index in [2.05, 4.69) is 5.32 Å². The van der Waals surface area contributed by atoms with Gasteiger partial charge in [-0.05, 0) is 24.5 Å². The van der Waals surface area contributed by atoms with Gasteiger partial charge in [0.2, 0.25) is 0 Å². The summed E-state index contributed by atoms with van der Waals surface area (Å²) in [4.78, 5) is 13.9. The number of rotatable bonds is 2. The molecule has 108 valence electrons. The van der Waals surface area contributed by atoms with Crippen molar-refractivity contribution in [2.75, 3.05) is 16.4 Å². The Morgan fingerprint density at radius 3 is 2.80 bits per heavy atom. The van der Waals surface area contributed by atoms with Crippen molar-refractivity contribution in [3.8, 4) is 0 Å². The fraction of sp³-hybridized carbons (Fsp3) is 0.500. The maximum Gasteiger partial charge on any atom is 0.322 e. The Morgan fingerprint density at radius 2 is 2.10 bits per heavy atom. The number of amides is 2. The summed E-state index contributed by atoms with van der Waals surface area (Å²) in [5.41, 5.74) is 2.95. The Bertz CT molecular complexity index is 669. The summed E-state index contributed by atoms with van der Waals surface area (Å²) in [6.07, 6.45) is 0.810. The molecule has 2 amide bonds. The van der Waals surface area contributed by atoms with Gasteiger partial charge in [0.05, 0.1) is 29.3 Å². The van der Waals surface area contributed by atoms with Crippen LogP contribution in [-0.2, 0) is 16.3 Å². The molecule has 1 aromatic rings. The first kappa shape index (κ1) is 13.4. The lowest BCUT2D eigenvalue weighted by Crippen LogP contribution is -2.38. The second kappa shape index (κ2) is 4.48. The average molecular weight is 294 g/mol. The van der Waals surface area contributed by atoms with Crippen LogP contribution in [0.3, 0.4) is 0 Å². The Labute approximate surface area is 118 Å². The molecule has 20 heavy (non-hydrogen) atoms. The van der Waals surface area contributed by atoms with Crippen molar-refractivity contribution in [3.05, 3.63) is 29.3 Å². The molecule has 3 rings (SSSR count). The first-order valence-electron chi connectivity index (χ1n) is 6.81. The molecule has 2 heterocycles. The van der Waals surface area contributed by atoms with Crippen molar-refractivity contribution >= 4 is 21.6 Å². The minimum atomic E-state index is -3.06. The van der Waals surface area contributed by atoms with Gasteiger partial charge >= 0.3 is 6.03 Å². The highest BCUT2D eigenvalue weighted by molar-refractivity contribution is 7.91. The number of urea groups is 1. The maximum absolute atomic E-state index is 12.2. The Balaban J connectivity index is 2.08. The van der Waals surface area contributed by atoms with Crippen LogP contribution in [-0.4, -0.2) is 38.0 Å². The highest BCUT2D eigenvalue weighted by Gasteiger charge is 2.49. The van der Waals surface area contributed by atoms with Gasteiger partial charge in [0, 0.05) is 0 Å². The van der Waals surface area contributed by atoms with E-state index in [1.165, 1.54) is 0 Å². The molecule has 5 nitrogen and oxygen atoms in total. The molecule has 2 saturated heterocycles. The van der Waals surface area contributed by atoms with E-state index < -0.39 is 9.84 Å². The maximum atomic E-state index is 12.2. The van der Waals surface area contributed by atoms with Crippen LogP contribution in [0.15, 0.2) is 18.2 Å². The highest BCUT2D eigenvalue weighted by atomic mass is 32.2. The van der Waals surface area contributed by atoms with Gasteiger partial charge in [-0.25, -0.2) is 13.2 Å². The molecule has 2 aliphatic heterocycles. The van der Waals surface area contributed by atoms with E-state index in [0.717, 1.165) is 23.2 Å². The lowest BCUT2D eigenvalue weighted by Gasteiger charge is -2.25. The number of para-hydroxylation sites is 1. The third kappa shape index (κ3) is 1.98. The molecule has 2 aliphatic rings. The third-order valence-electron chi connectivity index (χ3n) is 4.13. The van der Waals surface area contributed by atoms with Gasteiger partial charge in [0.25, 0.3) is 0 Å². The van der Waals surface area contributed by atoms with E-state index in [1.54, 1.807) is 4.90 Å². The highest BCUT2D eigenvalue weighted by Crippen LogP contribution is 2.34. The van der Waals surface area contributed by atoms with E-state index in [0.29, 0.717) is 0 Å². The van der Waals surface area contributed by atoms with Crippen LogP contribution < -0.4 is 10.2 Å². The van der Waals surface area contributed by atoms with E-state index in [-0.39, 0.29) is 29.6 Å². The second-order valence-electron chi connectivity index (χ2n) is 5.51. The van der Waals surface area contributed by atoms with E-state index >= 15 is 0 Å². The Kier molecular flexibility index (Phi) is 3.01. The topological polar surface area (TPSA) is 66.5 Å². The smallest absolute Gasteiger partial charge is 0.322 e. The second-order valence-corrected chi connectivity index (χ2v) is 7.66. The van der Waals surface area contributed by atoms with E-state index in [4.69, 9.17) is 0 Å². The van der Waals surface area contributed by atoms with Crippen molar-refractivity contribution in [3.63, 3.8) is 0 Å². The minimum Gasteiger partial charge on any atom is -0.332 e. The van der Waals surface area contributed by atoms with Gasteiger partial charge in [0.1, 0.15) is 0 Å². The van der Waals surface area contributed by atoms with Gasteiger partial charge in [-0.15, -0.1) is 0 Å². The zero-order valence-electron chi connectivity index (χ0n) is 11.6. The number of fused-ring (bicyclic) bond motifs is 1. The summed E-state index contributed by atoms with van der Waals surface area (Å²) in [5.74, 6) is 0.0984. The number of hydrogen-bond donors (Lipinski definition) is 1. The number of aryl methyl sites for hydroxylation is 2. The monoisotopic (exact) mass is 294 g/mol. The third-order valence-corrected chi connectivity index (χ3v) is 5.84. The number of hydrogen-bond acceptors (Lipinski definition) is 3. The molecule has 0 aliphatic carbocycles. The summed E-state index contributed by atoms with van der Waals surface area (Å²) >= 11 is 0. The van der Waals surface area contributed by atoms with Crippen LogP contribution in [0.25, 0.3) is 0 Å². The summed E-state index contributed by atoms with van der Waals surface area (Å²) in [5, 5.41) is 2.81. The predicted molar refractivity (Wildman–Crippen MR) is 77.8 cm³/mol. The van der Waals surface area contributed by atoms with Gasteiger partial charge in [-0.1, -0.05) is 25.1 Å². The van der Waals surface area contributed by atoms with Gasteiger partial charge in [-0.2, -0.15) is 0 Å². The molecular formula is C14H18N2O3S. The Hall–Kier alpha value is -1.56. The van der Waals surface area contributed by atoms with Crippen molar-refractivity contribution < 1.29 is 13.2 Å². The number of benzene rings is 1. The number of nitrogens with zero attached hydrogens (tertiary/aromatic N) is 1. The number of carbonyl (C=O) groups excluding carboxylic acids is 1. The minimum absolute atomic E-state index is 0.0489. The van der Waals surface area contributed by atoms with Crippen LogP contribution in [0, 0.1) is 6.92 Å². The molecule has 6 heteroatoms. The molecule has 0 saturated carbocycles. The summed E-state index contributed by atoms with van der Waals surface area (Å²) < 4.78 is 23.6. The molecule has 0 spiro atoms. The SMILES string of the molecule is CCc1cccc(C)c1N1C(=O)NC2CS(=O)(=O)CC21. The number of sulfone groups is 1. The van der Waals surface area contributed by atoms with Crippen LogP contribution in [0.5, 0.6) is 0 Å². The average Bonchev–Trinajstić information content (AvgIpc) is 2.80. The number of carbonyl (C=O) groups is 1. The first-order chi connectivity index (χ1) is 9.43. The fourth-order valence-electron chi connectivity index (χ4n) is 3.22. The normalized spacial score (nSPS) is 27.5. The van der Waals surface area contributed by atoms with Crippen LogP contribution in [0.2, 0.25) is 0 Å². The van der Waals surface area contributed by atoms with Crippen LogP contribution >= 0.6 is 0 Å². The zero-order valence-corrected chi connectivity index (χ0v) is 12.4. The van der Waals surface area contributed by atoms with E-state index in [9.17, 15) is 13.2 Å². The van der Waals surface area contributed by atoms with Crippen LogP contribution in [0.4, 0.5) is 10.5 Å². The number of nitrogens with one attached hydrogen (secondary N) is 1. The van der Waals surface area contributed by atoms with Gasteiger partial charge < -0.3 is 5.32 Å². The summed E-state index contributed by atoms with van der Waals surface area (Å²) in [6, 6.07) is 5.18.